The van der Waals surface area contributed by atoms with Gasteiger partial charge < -0.3 is 0 Å². The van der Waals surface area contributed by atoms with Gasteiger partial charge in [0, 0.05) is 34.8 Å². The van der Waals surface area contributed by atoms with E-state index in [4.69, 9.17) is 0 Å². The van der Waals surface area contributed by atoms with E-state index in [1.54, 1.807) is 11.3 Å². The monoisotopic (exact) mass is 742 g/mol. The molecule has 0 amide bonds. The summed E-state index contributed by atoms with van der Waals surface area (Å²) >= 11 is 11.3. The van der Waals surface area contributed by atoms with Crippen molar-refractivity contribution in [3.05, 3.63) is 65.4 Å². The maximum atomic E-state index is 11.8. The fraction of sp³-hybridized carbons (Fsp3) is 0.513. The summed E-state index contributed by atoms with van der Waals surface area (Å²) in [5.41, 5.74) is 4.07. The van der Waals surface area contributed by atoms with Gasteiger partial charge in [-0.3, -0.25) is 4.79 Å². The molecule has 1 unspecified atom stereocenters. The Morgan fingerprint density at radius 1 is 0.689 bits per heavy atom. The molecule has 4 rings (SSSR count). The van der Waals surface area contributed by atoms with E-state index in [1.165, 1.54) is 133 Å². The summed E-state index contributed by atoms with van der Waals surface area (Å²) in [6, 6.07) is 11.6. The smallest absolute Gasteiger partial charge is 0.160 e. The molecule has 0 saturated carbocycles. The Bertz CT molecular complexity index is 1480. The minimum absolute atomic E-state index is 0.803. The van der Waals surface area contributed by atoms with Crippen molar-refractivity contribution in [3.63, 3.8) is 0 Å². The van der Waals surface area contributed by atoms with Crippen LogP contribution in [-0.4, -0.2) is 6.29 Å². The lowest BCUT2D eigenvalue weighted by Gasteiger charge is -2.12. The molecule has 4 heterocycles. The van der Waals surface area contributed by atoms with Gasteiger partial charge in [-0.05, 0) is 101 Å². The van der Waals surface area contributed by atoms with E-state index in [0.29, 0.717) is 0 Å². The Morgan fingerprint density at radius 2 is 1.36 bits per heavy atom. The van der Waals surface area contributed by atoms with Crippen LogP contribution in [-0.2, 0) is 19.3 Å². The zero-order valence-electron chi connectivity index (χ0n) is 27.7. The summed E-state index contributed by atoms with van der Waals surface area (Å²) in [6.07, 6.45) is 24.2. The van der Waals surface area contributed by atoms with Crippen LogP contribution >= 0.6 is 61.3 Å². The first-order valence-corrected chi connectivity index (χ1v) is 21.3. The molecule has 0 N–H and O–H groups in total. The van der Waals surface area contributed by atoms with Gasteiger partial charge in [0.2, 0.25) is 0 Å². The number of rotatable bonds is 21. The number of carbonyl (C=O) groups is 1. The molecule has 0 aliphatic rings. The third-order valence-corrected chi connectivity index (χ3v) is 14.3. The number of halogens is 1. The molecule has 0 aromatic carbocycles. The van der Waals surface area contributed by atoms with Crippen LogP contribution in [0, 0.1) is 5.92 Å². The van der Waals surface area contributed by atoms with Crippen LogP contribution in [0.4, 0.5) is 0 Å². The zero-order valence-corrected chi connectivity index (χ0v) is 32.6. The Kier molecular flexibility index (Phi) is 15.8. The van der Waals surface area contributed by atoms with Crippen molar-refractivity contribution in [3.8, 4) is 19.5 Å². The standard InChI is InChI=1S/C39H51BrOS4/c1-5-9-12-14-17-29-24-34(27-41)43-37(29)35-25-30(18-15-13-10-6-2)38(44-35)36-26-31(39(40)45-36)19-20-32-21-22-33(42-32)23-28(8-4)16-11-7-3/h19-22,24-28H,5-18,23H2,1-4H3/b20-19+. The molecule has 4 aromatic heterocycles. The van der Waals surface area contributed by atoms with Gasteiger partial charge in [-0.25, -0.2) is 0 Å². The van der Waals surface area contributed by atoms with Crippen LogP contribution < -0.4 is 0 Å². The highest BCUT2D eigenvalue weighted by molar-refractivity contribution is 9.11. The van der Waals surface area contributed by atoms with Crippen molar-refractivity contribution >= 4 is 79.7 Å². The first-order valence-electron chi connectivity index (χ1n) is 17.3. The average Bonchev–Trinajstić information content (AvgIpc) is 3.84. The lowest BCUT2D eigenvalue weighted by atomic mass is 9.95. The number of unbranched alkanes of at least 4 members (excludes halogenated alkanes) is 7. The molecule has 0 aliphatic carbocycles. The van der Waals surface area contributed by atoms with Crippen molar-refractivity contribution in [1.29, 1.82) is 0 Å². The summed E-state index contributed by atoms with van der Waals surface area (Å²) < 4.78 is 1.19. The van der Waals surface area contributed by atoms with E-state index in [2.05, 4.69) is 86.1 Å². The maximum Gasteiger partial charge on any atom is 0.160 e. The van der Waals surface area contributed by atoms with Gasteiger partial charge in [-0.1, -0.05) is 98.0 Å². The van der Waals surface area contributed by atoms with E-state index in [9.17, 15) is 4.79 Å². The molecule has 0 saturated heterocycles. The first-order chi connectivity index (χ1) is 22.0. The van der Waals surface area contributed by atoms with Gasteiger partial charge in [-0.2, -0.15) is 0 Å². The highest BCUT2D eigenvalue weighted by Gasteiger charge is 2.19. The molecule has 0 fully saturated rings. The second-order valence-corrected chi connectivity index (χ2v) is 18.0. The predicted octanol–water partition coefficient (Wildman–Crippen LogP) is 15.0. The quantitative estimate of drug-likeness (QED) is 0.0613. The van der Waals surface area contributed by atoms with Gasteiger partial charge in [-0.15, -0.1) is 45.3 Å². The molecule has 45 heavy (non-hydrogen) atoms. The number of thiophene rings is 4. The van der Waals surface area contributed by atoms with E-state index in [0.717, 1.165) is 29.9 Å². The van der Waals surface area contributed by atoms with Crippen LogP contribution in [0.3, 0.4) is 0 Å². The summed E-state index contributed by atoms with van der Waals surface area (Å²) in [5.74, 6) is 0.803. The van der Waals surface area contributed by atoms with Crippen LogP contribution in [0.5, 0.6) is 0 Å². The minimum Gasteiger partial charge on any atom is -0.297 e. The molecule has 0 aliphatic heterocycles. The Morgan fingerprint density at radius 3 is 2.02 bits per heavy atom. The largest absolute Gasteiger partial charge is 0.297 e. The second-order valence-electron chi connectivity index (χ2n) is 12.3. The first kappa shape index (κ1) is 36.5. The minimum atomic E-state index is 0.803. The van der Waals surface area contributed by atoms with Crippen LogP contribution in [0.25, 0.3) is 31.7 Å². The van der Waals surface area contributed by atoms with E-state index >= 15 is 0 Å². The molecule has 0 bridgehead atoms. The third kappa shape index (κ3) is 10.9. The number of aldehydes is 1. The van der Waals surface area contributed by atoms with Crippen LogP contribution in [0.1, 0.15) is 141 Å². The normalized spacial score (nSPS) is 12.5. The van der Waals surface area contributed by atoms with E-state index in [-0.39, 0.29) is 0 Å². The molecule has 1 atom stereocenters. The molecular weight excluding hydrogens is 693 g/mol. The summed E-state index contributed by atoms with van der Waals surface area (Å²) in [7, 11) is 0. The molecule has 0 spiro atoms. The second kappa shape index (κ2) is 19.5. The fourth-order valence-electron chi connectivity index (χ4n) is 5.92. The van der Waals surface area contributed by atoms with Crippen LogP contribution in [0.15, 0.2) is 34.1 Å². The lowest BCUT2D eigenvalue weighted by molar-refractivity contribution is 0.112. The highest BCUT2D eigenvalue weighted by atomic mass is 79.9. The molecule has 6 heteroatoms. The van der Waals surface area contributed by atoms with Gasteiger partial charge in [0.15, 0.2) is 6.29 Å². The summed E-state index contributed by atoms with van der Waals surface area (Å²) in [6.45, 7) is 9.17. The highest BCUT2D eigenvalue weighted by Crippen LogP contribution is 2.47. The van der Waals surface area contributed by atoms with Gasteiger partial charge in [0.25, 0.3) is 0 Å². The molecule has 4 aromatic rings. The lowest BCUT2D eigenvalue weighted by Crippen LogP contribution is -2.01. The SMILES string of the molecule is CCCCCCc1cc(C=O)sc1-c1cc(CCCCCC)c(-c2cc(/C=C/c3ccc(CC(CC)CCCC)s3)c(Br)s2)s1. The molecule has 1 nitrogen and oxygen atoms in total. The number of hydrogen-bond donors (Lipinski definition) is 0. The van der Waals surface area contributed by atoms with E-state index < -0.39 is 0 Å². The van der Waals surface area contributed by atoms with Gasteiger partial charge >= 0.3 is 0 Å². The maximum absolute atomic E-state index is 11.8. The van der Waals surface area contributed by atoms with Crippen molar-refractivity contribution in [2.75, 3.05) is 0 Å². The Hall–Kier alpha value is -1.31. The number of carbonyl (C=O) groups excluding carboxylic acids is 1. The van der Waals surface area contributed by atoms with Crippen molar-refractivity contribution in [2.24, 2.45) is 5.92 Å². The molecule has 244 valence electrons. The zero-order chi connectivity index (χ0) is 32.0. The summed E-state index contributed by atoms with van der Waals surface area (Å²) in [5, 5.41) is 0. The van der Waals surface area contributed by atoms with Crippen molar-refractivity contribution in [1.82, 2.24) is 0 Å². The van der Waals surface area contributed by atoms with Crippen LogP contribution in [0.2, 0.25) is 0 Å². The summed E-state index contributed by atoms with van der Waals surface area (Å²) in [4.78, 5) is 20.9. The molecular formula is C39H51BrOS4. The van der Waals surface area contributed by atoms with Gasteiger partial charge in [0.05, 0.1) is 8.66 Å². The number of aryl methyl sites for hydroxylation is 2. The topological polar surface area (TPSA) is 17.1 Å². The van der Waals surface area contributed by atoms with Gasteiger partial charge in [0.1, 0.15) is 0 Å². The Labute approximate surface area is 297 Å². The predicted molar refractivity (Wildman–Crippen MR) is 210 cm³/mol. The number of hydrogen-bond acceptors (Lipinski definition) is 5. The van der Waals surface area contributed by atoms with E-state index in [1.807, 2.05) is 34.0 Å². The van der Waals surface area contributed by atoms with Crippen molar-refractivity contribution < 1.29 is 4.79 Å². The Balaban J connectivity index is 1.57. The molecule has 0 radical (unpaired) electrons. The third-order valence-electron chi connectivity index (χ3n) is 8.66. The fourth-order valence-corrected chi connectivity index (χ4v) is 11.1. The average molecular weight is 744 g/mol. The van der Waals surface area contributed by atoms with Crippen molar-refractivity contribution in [2.45, 2.75) is 124 Å².